The van der Waals surface area contributed by atoms with Gasteiger partial charge in [0.05, 0.1) is 17.4 Å². The summed E-state index contributed by atoms with van der Waals surface area (Å²) in [5.41, 5.74) is -0.721. The van der Waals surface area contributed by atoms with Crippen molar-refractivity contribution in [2.75, 3.05) is 13.2 Å². The van der Waals surface area contributed by atoms with Gasteiger partial charge in [-0.3, -0.25) is 9.59 Å². The summed E-state index contributed by atoms with van der Waals surface area (Å²) in [6.07, 6.45) is 1.95. The zero-order chi connectivity index (χ0) is 13.6. The number of hydrogen-bond acceptors (Lipinski definition) is 3. The van der Waals surface area contributed by atoms with Crippen molar-refractivity contribution in [3.05, 3.63) is 0 Å². The van der Waals surface area contributed by atoms with Crippen LogP contribution in [0.3, 0.4) is 0 Å². The van der Waals surface area contributed by atoms with Crippen molar-refractivity contribution in [1.82, 2.24) is 5.32 Å². The van der Waals surface area contributed by atoms with Crippen LogP contribution < -0.4 is 5.32 Å². The highest BCUT2D eigenvalue weighted by Gasteiger charge is 2.65. The van der Waals surface area contributed by atoms with Crippen LogP contribution in [0.25, 0.3) is 0 Å². The molecule has 1 aliphatic carbocycles. The number of carbonyl (C=O) groups is 2. The van der Waals surface area contributed by atoms with Crippen molar-refractivity contribution in [3.8, 4) is 0 Å². The molecule has 0 aromatic heterocycles. The maximum Gasteiger partial charge on any atom is 0.307 e. The lowest BCUT2D eigenvalue weighted by Gasteiger charge is -2.23. The lowest BCUT2D eigenvalue weighted by Crippen LogP contribution is -2.41. The van der Waals surface area contributed by atoms with Crippen LogP contribution in [-0.2, 0) is 14.3 Å². The van der Waals surface area contributed by atoms with E-state index in [2.05, 4.69) is 5.32 Å². The minimum atomic E-state index is -0.886. The Morgan fingerprint density at radius 1 is 1.33 bits per heavy atom. The van der Waals surface area contributed by atoms with Gasteiger partial charge in [0.25, 0.3) is 0 Å². The Labute approximate surface area is 107 Å². The fraction of sp³-hybridized carbons (Fsp3) is 0.846. The van der Waals surface area contributed by atoms with E-state index >= 15 is 0 Å². The SMILES string of the molecule is CC1(CNC(=O)[C@H]2[C@@H](C(=O)O)C2(C)C)CCCO1. The first-order valence-corrected chi connectivity index (χ1v) is 6.42. The minimum absolute atomic E-state index is 0.163. The molecule has 0 aromatic carbocycles. The number of carboxylic acid groups (broad SMARTS) is 1. The van der Waals surface area contributed by atoms with E-state index in [1.165, 1.54) is 0 Å². The van der Waals surface area contributed by atoms with E-state index in [1.807, 2.05) is 20.8 Å². The molecule has 0 radical (unpaired) electrons. The summed E-state index contributed by atoms with van der Waals surface area (Å²) < 4.78 is 5.59. The molecule has 0 aromatic rings. The van der Waals surface area contributed by atoms with E-state index in [1.54, 1.807) is 0 Å². The number of nitrogens with one attached hydrogen (secondary N) is 1. The molecule has 5 heteroatoms. The smallest absolute Gasteiger partial charge is 0.307 e. The second-order valence-corrected chi connectivity index (χ2v) is 6.23. The van der Waals surface area contributed by atoms with Gasteiger partial charge in [0.1, 0.15) is 0 Å². The van der Waals surface area contributed by atoms with E-state index in [0.717, 1.165) is 19.4 Å². The van der Waals surface area contributed by atoms with Crippen molar-refractivity contribution in [3.63, 3.8) is 0 Å². The first kappa shape index (κ1) is 13.3. The van der Waals surface area contributed by atoms with Gasteiger partial charge in [-0.25, -0.2) is 0 Å². The fourth-order valence-corrected chi connectivity index (χ4v) is 2.95. The van der Waals surface area contributed by atoms with Crippen molar-refractivity contribution in [2.45, 2.75) is 39.2 Å². The van der Waals surface area contributed by atoms with Crippen LogP contribution in [0.5, 0.6) is 0 Å². The summed E-state index contributed by atoms with van der Waals surface area (Å²) in [6, 6.07) is 0. The predicted molar refractivity (Wildman–Crippen MR) is 65.0 cm³/mol. The van der Waals surface area contributed by atoms with Crippen LogP contribution in [0.4, 0.5) is 0 Å². The Hall–Kier alpha value is -1.10. The van der Waals surface area contributed by atoms with Crippen molar-refractivity contribution < 1.29 is 19.4 Å². The average molecular weight is 255 g/mol. The largest absolute Gasteiger partial charge is 0.481 e. The second-order valence-electron chi connectivity index (χ2n) is 6.23. The van der Waals surface area contributed by atoms with Crippen molar-refractivity contribution >= 4 is 11.9 Å². The number of carboxylic acids is 1. The Morgan fingerprint density at radius 2 is 2.00 bits per heavy atom. The van der Waals surface area contributed by atoms with Gasteiger partial charge in [0.2, 0.25) is 5.91 Å². The topological polar surface area (TPSA) is 75.6 Å². The van der Waals surface area contributed by atoms with E-state index in [-0.39, 0.29) is 11.5 Å². The van der Waals surface area contributed by atoms with Gasteiger partial charge in [0.15, 0.2) is 0 Å². The second kappa shape index (κ2) is 4.23. The predicted octanol–water partition coefficient (Wildman–Crippen LogP) is 1.03. The fourth-order valence-electron chi connectivity index (χ4n) is 2.95. The number of aliphatic carboxylic acids is 1. The molecule has 18 heavy (non-hydrogen) atoms. The summed E-state index contributed by atoms with van der Waals surface area (Å²) in [6.45, 7) is 6.82. The molecule has 2 aliphatic rings. The Morgan fingerprint density at radius 3 is 2.44 bits per heavy atom. The van der Waals surface area contributed by atoms with Gasteiger partial charge in [0, 0.05) is 13.2 Å². The molecule has 5 nitrogen and oxygen atoms in total. The van der Waals surface area contributed by atoms with Crippen LogP contribution in [0.2, 0.25) is 0 Å². The lowest BCUT2D eigenvalue weighted by atomic mass is 10.0. The van der Waals surface area contributed by atoms with E-state index in [9.17, 15) is 9.59 Å². The number of rotatable bonds is 4. The van der Waals surface area contributed by atoms with E-state index in [0.29, 0.717) is 6.54 Å². The molecular formula is C13H21NO4. The van der Waals surface area contributed by atoms with Gasteiger partial charge < -0.3 is 15.2 Å². The van der Waals surface area contributed by atoms with Gasteiger partial charge in [-0.05, 0) is 25.2 Å². The third-order valence-electron chi connectivity index (χ3n) is 4.31. The summed E-state index contributed by atoms with van der Waals surface area (Å²) in [5.74, 6) is -2.03. The summed E-state index contributed by atoms with van der Waals surface area (Å²) in [5, 5.41) is 11.9. The number of ether oxygens (including phenoxy) is 1. The van der Waals surface area contributed by atoms with Crippen molar-refractivity contribution in [2.24, 2.45) is 17.3 Å². The minimum Gasteiger partial charge on any atom is -0.481 e. The number of amides is 1. The molecule has 2 fully saturated rings. The molecule has 2 N–H and O–H groups in total. The maximum atomic E-state index is 12.0. The van der Waals surface area contributed by atoms with E-state index in [4.69, 9.17) is 9.84 Å². The zero-order valence-electron chi connectivity index (χ0n) is 11.2. The summed E-state index contributed by atoms with van der Waals surface area (Å²) in [4.78, 5) is 23.0. The first-order valence-electron chi connectivity index (χ1n) is 6.42. The average Bonchev–Trinajstić information content (AvgIpc) is 2.64. The Bertz CT molecular complexity index is 371. The molecule has 0 bridgehead atoms. The van der Waals surface area contributed by atoms with Gasteiger partial charge in [-0.1, -0.05) is 13.8 Å². The molecule has 1 unspecified atom stereocenters. The molecule has 1 aliphatic heterocycles. The van der Waals surface area contributed by atoms with Crippen molar-refractivity contribution in [1.29, 1.82) is 0 Å². The lowest BCUT2D eigenvalue weighted by molar-refractivity contribution is -0.140. The summed E-state index contributed by atoms with van der Waals surface area (Å²) >= 11 is 0. The molecule has 102 valence electrons. The quantitative estimate of drug-likeness (QED) is 0.786. The third-order valence-corrected chi connectivity index (χ3v) is 4.31. The molecular weight excluding hydrogens is 234 g/mol. The third kappa shape index (κ3) is 2.23. The van der Waals surface area contributed by atoms with Crippen LogP contribution >= 0.6 is 0 Å². The molecule has 0 spiro atoms. The van der Waals surface area contributed by atoms with Crippen LogP contribution in [-0.4, -0.2) is 35.7 Å². The van der Waals surface area contributed by atoms with Gasteiger partial charge in [-0.2, -0.15) is 0 Å². The molecule has 2 rings (SSSR count). The Balaban J connectivity index is 1.88. The van der Waals surface area contributed by atoms with Crippen LogP contribution in [0.1, 0.15) is 33.6 Å². The number of hydrogen-bond donors (Lipinski definition) is 2. The van der Waals surface area contributed by atoms with Gasteiger partial charge in [-0.15, -0.1) is 0 Å². The highest BCUT2D eigenvalue weighted by Crippen LogP contribution is 2.58. The maximum absolute atomic E-state index is 12.0. The first-order chi connectivity index (χ1) is 8.28. The molecule has 1 amide bonds. The monoisotopic (exact) mass is 255 g/mol. The Kier molecular flexibility index (Phi) is 3.13. The molecule has 3 atom stereocenters. The van der Waals surface area contributed by atoms with Crippen LogP contribution in [0.15, 0.2) is 0 Å². The van der Waals surface area contributed by atoms with E-state index < -0.39 is 23.2 Å². The summed E-state index contributed by atoms with van der Waals surface area (Å²) in [7, 11) is 0. The van der Waals surface area contributed by atoms with Gasteiger partial charge >= 0.3 is 5.97 Å². The normalized spacial score (nSPS) is 37.3. The van der Waals surface area contributed by atoms with Crippen LogP contribution in [0, 0.1) is 17.3 Å². The molecule has 1 saturated carbocycles. The zero-order valence-corrected chi connectivity index (χ0v) is 11.2. The highest BCUT2D eigenvalue weighted by atomic mass is 16.5. The molecule has 1 heterocycles. The molecule has 1 saturated heterocycles. The standard InChI is InChI=1S/C13H21NO4/c1-12(2)8(9(12)11(16)17)10(15)14-7-13(3)5-4-6-18-13/h8-9H,4-7H2,1-3H3,(H,14,15)(H,16,17)/t8-,9+,13?/m1/s1. The highest BCUT2D eigenvalue weighted by molar-refractivity contribution is 5.91. The number of carbonyl (C=O) groups excluding carboxylic acids is 1.